The molecule has 0 saturated heterocycles. The molecule has 0 fully saturated rings. The molecule has 0 amide bonds. The molecule has 5 heteroatoms. The maximum atomic E-state index is 10.4. The molecule has 0 bridgehead atoms. The van der Waals surface area contributed by atoms with Gasteiger partial charge in [0, 0.05) is 5.97 Å². The first-order chi connectivity index (χ1) is 11.1. The number of aliphatic hydroxyl groups excluding tert-OH is 1. The summed E-state index contributed by atoms with van der Waals surface area (Å²) in [4.78, 5) is 10.4. The van der Waals surface area contributed by atoms with Gasteiger partial charge in [0.2, 0.25) is 0 Å². The fourth-order valence-electron chi connectivity index (χ4n) is 2.16. The molecular weight excluding hydrogens is 299 g/mol. The Kier molecular flexibility index (Phi) is 8.35. The first kappa shape index (κ1) is 20.1. The van der Waals surface area contributed by atoms with Crippen LogP contribution in [0.15, 0.2) is 48.5 Å². The number of rotatable bonds is 7. The number of hydrogen-bond donors (Lipinski definition) is 1. The minimum atomic E-state index is -1.15. The zero-order chi connectivity index (χ0) is 16.7. The van der Waals surface area contributed by atoms with Gasteiger partial charge in [0.25, 0.3) is 0 Å². The summed E-state index contributed by atoms with van der Waals surface area (Å²) in [6.45, 7) is 0. The van der Waals surface area contributed by atoms with Crippen LogP contribution in [0, 0.1) is 0 Å². The van der Waals surface area contributed by atoms with E-state index in [9.17, 15) is 15.0 Å². The number of carboxylic acids is 1. The number of benzene rings is 2. The van der Waals surface area contributed by atoms with Crippen LogP contribution in [-0.2, 0) is 4.79 Å². The van der Waals surface area contributed by atoms with Crippen molar-refractivity contribution in [1.82, 2.24) is 0 Å². The third-order valence-corrected chi connectivity index (χ3v) is 3.53. The quantitative estimate of drug-likeness (QED) is 0.548. The summed E-state index contributed by atoms with van der Waals surface area (Å²) in [5.74, 6) is -0.333. The molecule has 0 aliphatic heterocycles. The summed E-state index contributed by atoms with van der Waals surface area (Å²) in [6, 6.07) is 15.1. The molecule has 1 unspecified atom stereocenters. The van der Waals surface area contributed by atoms with Crippen molar-refractivity contribution < 1.29 is 38.6 Å². The molecule has 24 heavy (non-hydrogen) atoms. The Bertz CT molecular complexity index is 663. The van der Waals surface area contributed by atoms with Crippen molar-refractivity contribution in [2.45, 2.75) is 18.9 Å². The number of hydrogen-bond acceptors (Lipinski definition) is 4. The van der Waals surface area contributed by atoms with Crippen LogP contribution in [0.25, 0.3) is 12.2 Å². The van der Waals surface area contributed by atoms with Crippen LogP contribution >= 0.6 is 0 Å². The van der Waals surface area contributed by atoms with Crippen molar-refractivity contribution in [1.29, 1.82) is 0 Å². The summed E-state index contributed by atoms with van der Waals surface area (Å²) < 4.78 is 5.11. The van der Waals surface area contributed by atoms with Gasteiger partial charge in [-0.25, -0.2) is 0 Å². The van der Waals surface area contributed by atoms with E-state index in [2.05, 4.69) is 0 Å². The van der Waals surface area contributed by atoms with Gasteiger partial charge in [-0.1, -0.05) is 48.6 Å². The van der Waals surface area contributed by atoms with Gasteiger partial charge in [-0.15, -0.1) is 0 Å². The SMILES string of the molecule is COc1ccc(/C=C/c2ccc(C(O)CCC(=O)[O-])cc2)cc1.[Li+]. The summed E-state index contributed by atoms with van der Waals surface area (Å²) in [5.41, 5.74) is 2.76. The first-order valence-electron chi connectivity index (χ1n) is 7.38. The van der Waals surface area contributed by atoms with Gasteiger partial charge >= 0.3 is 18.9 Å². The number of carboxylic acid groups (broad SMARTS) is 1. The van der Waals surface area contributed by atoms with E-state index in [1.165, 1.54) is 0 Å². The fraction of sp³-hybridized carbons (Fsp3) is 0.211. The maximum absolute atomic E-state index is 10.4. The fourth-order valence-corrected chi connectivity index (χ4v) is 2.16. The predicted octanol–water partition coefficient (Wildman–Crippen LogP) is -0.567. The molecular formula is C19H19LiO4. The van der Waals surface area contributed by atoms with Crippen LogP contribution < -0.4 is 28.7 Å². The van der Waals surface area contributed by atoms with E-state index in [0.717, 1.165) is 16.9 Å². The Morgan fingerprint density at radius 2 is 1.58 bits per heavy atom. The smallest absolute Gasteiger partial charge is 0.550 e. The molecule has 0 saturated carbocycles. The molecule has 0 aromatic heterocycles. The van der Waals surface area contributed by atoms with Crippen molar-refractivity contribution in [2.75, 3.05) is 7.11 Å². The molecule has 2 aromatic carbocycles. The van der Waals surface area contributed by atoms with Gasteiger partial charge in [-0.3, -0.25) is 0 Å². The number of aliphatic carboxylic acids is 1. The molecule has 120 valence electrons. The van der Waals surface area contributed by atoms with E-state index in [1.54, 1.807) is 19.2 Å². The van der Waals surface area contributed by atoms with Crippen LogP contribution in [-0.4, -0.2) is 18.2 Å². The Morgan fingerprint density at radius 1 is 1.08 bits per heavy atom. The predicted molar refractivity (Wildman–Crippen MR) is 87.6 cm³/mol. The zero-order valence-corrected chi connectivity index (χ0v) is 13.9. The third-order valence-electron chi connectivity index (χ3n) is 3.53. The summed E-state index contributed by atoms with van der Waals surface area (Å²) in [6.07, 6.45) is 3.18. The molecule has 0 heterocycles. The Hall–Kier alpha value is -1.99. The summed E-state index contributed by atoms with van der Waals surface area (Å²) >= 11 is 0. The standard InChI is InChI=1S/C19H20O4.Li/c1-23-17-10-6-15(7-11-17)3-2-14-4-8-16(9-5-14)18(20)12-13-19(21)22;/h2-11,18,20H,12-13H2,1H3,(H,21,22);/q;+1/p-1/b3-2+;. The molecule has 0 aliphatic carbocycles. The maximum Gasteiger partial charge on any atom is 1.00 e. The van der Waals surface area contributed by atoms with Crippen molar-refractivity contribution >= 4 is 18.1 Å². The van der Waals surface area contributed by atoms with Gasteiger partial charge in [0.05, 0.1) is 13.2 Å². The van der Waals surface area contributed by atoms with E-state index in [0.29, 0.717) is 5.56 Å². The first-order valence-corrected chi connectivity index (χ1v) is 7.38. The second-order valence-corrected chi connectivity index (χ2v) is 5.20. The van der Waals surface area contributed by atoms with Gasteiger partial charge in [0.15, 0.2) is 0 Å². The van der Waals surface area contributed by atoms with Gasteiger partial charge < -0.3 is 19.7 Å². The molecule has 1 N–H and O–H groups in total. The molecule has 0 radical (unpaired) electrons. The Morgan fingerprint density at radius 3 is 2.04 bits per heavy atom. The second kappa shape index (κ2) is 9.99. The largest absolute Gasteiger partial charge is 1.00 e. The number of carbonyl (C=O) groups excluding carboxylic acids is 1. The average Bonchev–Trinajstić information content (AvgIpc) is 2.58. The van der Waals surface area contributed by atoms with Crippen LogP contribution in [0.3, 0.4) is 0 Å². The van der Waals surface area contributed by atoms with E-state index in [1.807, 2.05) is 48.6 Å². The summed E-state index contributed by atoms with van der Waals surface area (Å²) in [5, 5.41) is 20.3. The Labute approximate surface area is 154 Å². The number of aliphatic hydroxyl groups is 1. The van der Waals surface area contributed by atoms with E-state index in [-0.39, 0.29) is 31.7 Å². The normalized spacial score (nSPS) is 11.8. The van der Waals surface area contributed by atoms with Gasteiger partial charge in [-0.05, 0) is 41.7 Å². The van der Waals surface area contributed by atoms with Crippen molar-refractivity contribution in [3.63, 3.8) is 0 Å². The van der Waals surface area contributed by atoms with Crippen molar-refractivity contribution in [2.24, 2.45) is 0 Å². The third kappa shape index (κ3) is 6.25. The minimum Gasteiger partial charge on any atom is -0.550 e. The molecule has 2 aromatic rings. The van der Waals surface area contributed by atoms with E-state index < -0.39 is 12.1 Å². The van der Waals surface area contributed by atoms with Crippen LogP contribution in [0.2, 0.25) is 0 Å². The molecule has 1 atom stereocenters. The molecule has 0 aliphatic rings. The van der Waals surface area contributed by atoms with Crippen molar-refractivity contribution in [3.8, 4) is 5.75 Å². The topological polar surface area (TPSA) is 69.6 Å². The zero-order valence-electron chi connectivity index (χ0n) is 13.9. The van der Waals surface area contributed by atoms with E-state index >= 15 is 0 Å². The number of ether oxygens (including phenoxy) is 1. The van der Waals surface area contributed by atoms with Crippen LogP contribution in [0.4, 0.5) is 0 Å². The second-order valence-electron chi connectivity index (χ2n) is 5.20. The van der Waals surface area contributed by atoms with Gasteiger partial charge in [0.1, 0.15) is 5.75 Å². The molecule has 4 nitrogen and oxygen atoms in total. The minimum absolute atomic E-state index is 0. The van der Waals surface area contributed by atoms with Gasteiger partial charge in [-0.2, -0.15) is 0 Å². The molecule has 0 spiro atoms. The van der Waals surface area contributed by atoms with Crippen molar-refractivity contribution in [3.05, 3.63) is 65.2 Å². The number of methoxy groups -OCH3 is 1. The number of carbonyl (C=O) groups is 1. The van der Waals surface area contributed by atoms with E-state index in [4.69, 9.17) is 4.74 Å². The molecule has 2 rings (SSSR count). The van der Waals surface area contributed by atoms with Crippen LogP contribution in [0.1, 0.15) is 35.6 Å². The monoisotopic (exact) mass is 318 g/mol. The Balaban J connectivity index is 0.00000288. The van der Waals surface area contributed by atoms with Crippen LogP contribution in [0.5, 0.6) is 5.75 Å². The summed E-state index contributed by atoms with van der Waals surface area (Å²) in [7, 11) is 1.63. The average molecular weight is 318 g/mol.